The van der Waals surface area contributed by atoms with E-state index in [-0.39, 0.29) is 35.3 Å². The van der Waals surface area contributed by atoms with Crippen molar-refractivity contribution < 1.29 is 14.1 Å². The number of nitrogens with one attached hydrogen (secondary N) is 1. The fourth-order valence-electron chi connectivity index (χ4n) is 3.99. The summed E-state index contributed by atoms with van der Waals surface area (Å²) in [4.78, 5) is 48.8. The quantitative estimate of drug-likeness (QED) is 0.641. The molecular formula is C22H26N6O4. The molecule has 2 amide bonds. The molecule has 0 spiro atoms. The van der Waals surface area contributed by atoms with E-state index in [1.807, 2.05) is 18.4 Å². The summed E-state index contributed by atoms with van der Waals surface area (Å²) in [6.45, 7) is 7.12. The van der Waals surface area contributed by atoms with Crippen molar-refractivity contribution in [2.24, 2.45) is 5.92 Å². The number of amides is 2. The first-order valence-corrected chi connectivity index (χ1v) is 10.7. The molecule has 0 unspecified atom stereocenters. The van der Waals surface area contributed by atoms with E-state index in [1.165, 1.54) is 0 Å². The number of pyridine rings is 2. The molecule has 3 aromatic rings. The van der Waals surface area contributed by atoms with Gasteiger partial charge in [0.15, 0.2) is 5.82 Å². The molecule has 0 atom stereocenters. The van der Waals surface area contributed by atoms with Gasteiger partial charge in [0.25, 0.3) is 5.91 Å². The molecule has 1 aliphatic heterocycles. The number of hydrogen-bond acceptors (Lipinski definition) is 7. The van der Waals surface area contributed by atoms with Crippen LogP contribution in [0.1, 0.15) is 47.5 Å². The average molecular weight is 438 g/mol. The first kappa shape index (κ1) is 21.7. The van der Waals surface area contributed by atoms with Crippen molar-refractivity contribution >= 4 is 22.8 Å². The maximum atomic E-state index is 13.2. The Morgan fingerprint density at radius 3 is 2.59 bits per heavy atom. The molecule has 10 nitrogen and oxygen atoms in total. The molecule has 4 rings (SSSR count). The summed E-state index contributed by atoms with van der Waals surface area (Å²) >= 11 is 0. The number of hydrogen-bond donors (Lipinski definition) is 1. The van der Waals surface area contributed by atoms with Crippen LogP contribution in [0.5, 0.6) is 0 Å². The van der Waals surface area contributed by atoms with Crippen LogP contribution in [-0.2, 0) is 17.9 Å². The highest BCUT2D eigenvalue weighted by Gasteiger charge is 2.29. The third kappa shape index (κ3) is 4.25. The molecule has 10 heteroatoms. The predicted octanol–water partition coefficient (Wildman–Crippen LogP) is 1.58. The van der Waals surface area contributed by atoms with Crippen LogP contribution < -0.4 is 10.7 Å². The molecule has 0 aromatic carbocycles. The van der Waals surface area contributed by atoms with Crippen molar-refractivity contribution in [3.8, 4) is 0 Å². The summed E-state index contributed by atoms with van der Waals surface area (Å²) in [6.07, 6.45) is 2.65. The van der Waals surface area contributed by atoms with Gasteiger partial charge >= 0.3 is 0 Å². The Kier molecular flexibility index (Phi) is 6.02. The molecule has 1 saturated heterocycles. The van der Waals surface area contributed by atoms with Crippen LogP contribution >= 0.6 is 0 Å². The lowest BCUT2D eigenvalue weighted by molar-refractivity contribution is -0.126. The average Bonchev–Trinajstić information content (AvgIpc) is 3.22. The number of rotatable bonds is 5. The van der Waals surface area contributed by atoms with Gasteiger partial charge in [-0.3, -0.25) is 14.4 Å². The second-order valence-electron chi connectivity index (χ2n) is 8.00. The largest absolute Gasteiger partial charge is 0.347 e. The van der Waals surface area contributed by atoms with Crippen LogP contribution in [0.2, 0.25) is 0 Å². The molecule has 0 aliphatic carbocycles. The van der Waals surface area contributed by atoms with E-state index >= 15 is 0 Å². The van der Waals surface area contributed by atoms with Gasteiger partial charge in [-0.25, -0.2) is 4.98 Å². The van der Waals surface area contributed by atoms with Crippen molar-refractivity contribution in [2.75, 3.05) is 13.1 Å². The van der Waals surface area contributed by atoms with E-state index in [0.717, 1.165) is 5.69 Å². The Balaban J connectivity index is 1.43. The molecule has 32 heavy (non-hydrogen) atoms. The highest BCUT2D eigenvalue weighted by molar-refractivity contribution is 5.97. The van der Waals surface area contributed by atoms with Gasteiger partial charge in [0, 0.05) is 37.4 Å². The van der Waals surface area contributed by atoms with E-state index < -0.39 is 0 Å². The highest BCUT2D eigenvalue weighted by Crippen LogP contribution is 2.20. The number of likely N-dealkylation sites (tertiary alicyclic amines) is 1. The van der Waals surface area contributed by atoms with E-state index in [9.17, 15) is 14.4 Å². The molecule has 4 heterocycles. The molecule has 0 saturated carbocycles. The van der Waals surface area contributed by atoms with Gasteiger partial charge in [0.1, 0.15) is 11.2 Å². The van der Waals surface area contributed by atoms with Crippen molar-refractivity contribution in [2.45, 2.75) is 46.7 Å². The van der Waals surface area contributed by atoms with Gasteiger partial charge < -0.3 is 19.3 Å². The zero-order valence-electron chi connectivity index (χ0n) is 18.4. The van der Waals surface area contributed by atoms with Gasteiger partial charge in [-0.15, -0.1) is 0 Å². The van der Waals surface area contributed by atoms with Gasteiger partial charge in [0.2, 0.25) is 17.2 Å². The maximum Gasteiger partial charge on any atom is 0.259 e. The van der Waals surface area contributed by atoms with Gasteiger partial charge in [-0.1, -0.05) is 5.16 Å². The summed E-state index contributed by atoms with van der Waals surface area (Å²) in [5, 5.41) is 6.94. The topological polar surface area (TPSA) is 123 Å². The Bertz CT molecular complexity index is 1220. The number of carbonyl (C=O) groups excluding carboxylic acids is 2. The van der Waals surface area contributed by atoms with E-state index in [1.54, 1.807) is 30.2 Å². The van der Waals surface area contributed by atoms with E-state index in [4.69, 9.17) is 4.52 Å². The lowest BCUT2D eigenvalue weighted by Crippen LogP contribution is -2.44. The molecule has 1 fully saturated rings. The van der Waals surface area contributed by atoms with Crippen molar-refractivity contribution in [1.29, 1.82) is 0 Å². The second kappa shape index (κ2) is 8.89. The fraction of sp³-hybridized carbons (Fsp3) is 0.455. The normalized spacial score (nSPS) is 14.7. The third-order valence-corrected chi connectivity index (χ3v) is 5.77. The molecule has 3 aromatic heterocycles. The Hall–Kier alpha value is -3.56. The summed E-state index contributed by atoms with van der Waals surface area (Å²) in [7, 11) is 0. The van der Waals surface area contributed by atoms with Crippen LogP contribution in [-0.4, -0.2) is 49.5 Å². The zero-order chi connectivity index (χ0) is 22.8. The molecule has 1 N–H and O–H groups in total. The number of carbonyl (C=O) groups is 2. The van der Waals surface area contributed by atoms with Crippen LogP contribution in [0.4, 0.5) is 0 Å². The lowest BCUT2D eigenvalue weighted by Gasteiger charge is -2.31. The van der Waals surface area contributed by atoms with Crippen molar-refractivity contribution in [3.63, 3.8) is 0 Å². The third-order valence-electron chi connectivity index (χ3n) is 5.77. The van der Waals surface area contributed by atoms with E-state index in [2.05, 4.69) is 20.4 Å². The number of fused-ring (bicyclic) bond motifs is 1. The number of piperidine rings is 1. The number of aromatic nitrogens is 4. The first-order chi connectivity index (χ1) is 15.4. The SMILES string of the molecule is CCn1cc(C(=O)N2CCC(C(=O)NCc3nc(C)no3)CC2)c(=O)c2ccc(C)nc21. The van der Waals surface area contributed by atoms with Crippen LogP contribution in [0.25, 0.3) is 11.0 Å². The predicted molar refractivity (Wildman–Crippen MR) is 116 cm³/mol. The standard InChI is InChI=1S/C22H26N6O4/c1-4-27-12-17(19(29)16-6-5-13(2)24-20(16)27)22(31)28-9-7-15(8-10-28)21(30)23-11-18-25-14(3)26-32-18/h5-6,12,15H,4,7-11H2,1-3H3,(H,23,30). The molecule has 0 bridgehead atoms. The maximum absolute atomic E-state index is 13.2. The van der Waals surface area contributed by atoms with Crippen LogP contribution in [0.3, 0.4) is 0 Å². The number of aryl methyl sites for hydroxylation is 3. The van der Waals surface area contributed by atoms with Crippen molar-refractivity contribution in [1.82, 2.24) is 29.9 Å². The fourth-order valence-corrected chi connectivity index (χ4v) is 3.99. The summed E-state index contributed by atoms with van der Waals surface area (Å²) in [5.74, 6) is 0.256. The van der Waals surface area contributed by atoms with Gasteiger partial charge in [0.05, 0.1) is 11.9 Å². The summed E-state index contributed by atoms with van der Waals surface area (Å²) in [6, 6.07) is 3.50. The summed E-state index contributed by atoms with van der Waals surface area (Å²) in [5.41, 5.74) is 1.23. The lowest BCUT2D eigenvalue weighted by atomic mass is 9.95. The zero-order valence-corrected chi connectivity index (χ0v) is 18.4. The monoisotopic (exact) mass is 438 g/mol. The smallest absolute Gasteiger partial charge is 0.259 e. The van der Waals surface area contributed by atoms with Crippen molar-refractivity contribution in [3.05, 3.63) is 51.5 Å². The van der Waals surface area contributed by atoms with Gasteiger partial charge in [-0.2, -0.15) is 4.98 Å². The molecule has 0 radical (unpaired) electrons. The van der Waals surface area contributed by atoms with Crippen LogP contribution in [0.15, 0.2) is 27.6 Å². The Labute approximate surface area is 184 Å². The minimum absolute atomic E-state index is 0.103. The molecule has 168 valence electrons. The Morgan fingerprint density at radius 2 is 1.94 bits per heavy atom. The second-order valence-corrected chi connectivity index (χ2v) is 8.00. The minimum atomic E-state index is -0.308. The summed E-state index contributed by atoms with van der Waals surface area (Å²) < 4.78 is 6.83. The molecular weight excluding hydrogens is 412 g/mol. The number of nitrogens with zero attached hydrogens (tertiary/aromatic N) is 5. The van der Waals surface area contributed by atoms with Gasteiger partial charge in [-0.05, 0) is 45.7 Å². The van der Waals surface area contributed by atoms with E-state index in [0.29, 0.717) is 55.2 Å². The van der Waals surface area contributed by atoms with Crippen LogP contribution in [0, 0.1) is 19.8 Å². The Morgan fingerprint density at radius 1 is 1.19 bits per heavy atom. The highest BCUT2D eigenvalue weighted by atomic mass is 16.5. The minimum Gasteiger partial charge on any atom is -0.347 e. The molecule has 1 aliphatic rings. The first-order valence-electron chi connectivity index (χ1n) is 10.7.